The third kappa shape index (κ3) is 4.81. The molecule has 0 bridgehead atoms. The molecular weight excluding hydrogens is 324 g/mol. The van der Waals surface area contributed by atoms with Crippen molar-refractivity contribution in [3.05, 3.63) is 70.2 Å². The smallest absolute Gasteiger partial charge is 0.256 e. The normalized spacial score (nSPS) is 12.2. The molecule has 0 spiro atoms. The lowest BCUT2D eigenvalue weighted by Gasteiger charge is -2.23. The van der Waals surface area contributed by atoms with Gasteiger partial charge < -0.3 is 14.9 Å². The summed E-state index contributed by atoms with van der Waals surface area (Å²) in [5, 5.41) is 10.8. The van der Waals surface area contributed by atoms with Crippen LogP contribution in [0.15, 0.2) is 48.5 Å². The van der Waals surface area contributed by atoms with Crippen LogP contribution in [0.25, 0.3) is 0 Å². The molecule has 1 atom stereocenters. The van der Waals surface area contributed by atoms with Crippen LogP contribution in [-0.4, -0.2) is 42.0 Å². The van der Waals surface area contributed by atoms with E-state index in [0.29, 0.717) is 17.1 Å². The first-order chi connectivity index (χ1) is 11.4. The van der Waals surface area contributed by atoms with Gasteiger partial charge in [0.15, 0.2) is 6.10 Å². The fourth-order valence-corrected chi connectivity index (χ4v) is 2.77. The highest BCUT2D eigenvalue weighted by Gasteiger charge is 2.22. The van der Waals surface area contributed by atoms with Gasteiger partial charge in [-0.25, -0.2) is 0 Å². The maximum Gasteiger partial charge on any atom is 0.256 e. The highest BCUT2D eigenvalue weighted by molar-refractivity contribution is 6.30. The van der Waals surface area contributed by atoms with Gasteiger partial charge in [0.1, 0.15) is 0 Å². The van der Waals surface area contributed by atoms with Crippen LogP contribution >= 0.6 is 11.6 Å². The quantitative estimate of drug-likeness (QED) is 0.874. The third-order valence-electron chi connectivity index (χ3n) is 3.79. The average Bonchev–Trinajstić information content (AvgIpc) is 2.54. The minimum absolute atomic E-state index is 0.350. The predicted molar refractivity (Wildman–Crippen MR) is 96.7 cm³/mol. The summed E-state index contributed by atoms with van der Waals surface area (Å²) in [7, 11) is 5.71. The Bertz CT molecular complexity index is 703. The summed E-state index contributed by atoms with van der Waals surface area (Å²) < 4.78 is 0. The Morgan fingerprint density at radius 2 is 1.67 bits per heavy atom. The molecule has 4 nitrogen and oxygen atoms in total. The lowest BCUT2D eigenvalue weighted by Crippen LogP contribution is -2.31. The second-order valence-electron chi connectivity index (χ2n) is 6.16. The molecule has 0 saturated heterocycles. The number of carbonyl (C=O) groups is 1. The fourth-order valence-electron chi connectivity index (χ4n) is 2.57. The molecular formula is C19H23ClN2O2. The molecule has 2 rings (SSSR count). The van der Waals surface area contributed by atoms with Crippen molar-refractivity contribution in [1.82, 2.24) is 9.80 Å². The number of carbonyl (C=O) groups excluding carboxylic acids is 1. The molecule has 0 saturated carbocycles. The molecule has 2 aromatic rings. The standard InChI is InChI=1S/C19H23ClN2O2/c1-21(2)12-15-7-4-5-8-16(15)13-22(3)19(24)18(23)14-9-6-10-17(20)11-14/h4-11,18,23H,12-13H2,1-3H3/t18-/m1/s1. The van der Waals surface area contributed by atoms with E-state index in [2.05, 4.69) is 11.0 Å². The van der Waals surface area contributed by atoms with Crippen molar-refractivity contribution < 1.29 is 9.90 Å². The van der Waals surface area contributed by atoms with E-state index >= 15 is 0 Å². The van der Waals surface area contributed by atoms with E-state index in [0.717, 1.165) is 12.1 Å². The first kappa shape index (κ1) is 18.5. The largest absolute Gasteiger partial charge is 0.378 e. The van der Waals surface area contributed by atoms with E-state index in [1.807, 2.05) is 32.3 Å². The van der Waals surface area contributed by atoms with Gasteiger partial charge in [0.05, 0.1) is 0 Å². The highest BCUT2D eigenvalue weighted by atomic mass is 35.5. The summed E-state index contributed by atoms with van der Waals surface area (Å²) >= 11 is 5.93. The molecule has 0 aliphatic carbocycles. The van der Waals surface area contributed by atoms with Crippen LogP contribution in [0.2, 0.25) is 5.02 Å². The second-order valence-corrected chi connectivity index (χ2v) is 6.59. The fraction of sp³-hybridized carbons (Fsp3) is 0.316. The van der Waals surface area contributed by atoms with Crippen LogP contribution in [0.3, 0.4) is 0 Å². The molecule has 0 radical (unpaired) electrons. The molecule has 1 N–H and O–H groups in total. The minimum Gasteiger partial charge on any atom is -0.378 e. The topological polar surface area (TPSA) is 43.8 Å². The van der Waals surface area contributed by atoms with Crippen LogP contribution in [-0.2, 0) is 17.9 Å². The van der Waals surface area contributed by atoms with Crippen molar-refractivity contribution in [2.24, 2.45) is 0 Å². The minimum atomic E-state index is -1.21. The number of benzene rings is 2. The molecule has 0 unspecified atom stereocenters. The number of hydrogen-bond acceptors (Lipinski definition) is 3. The SMILES string of the molecule is CN(C)Cc1ccccc1CN(C)C(=O)[C@H](O)c1cccc(Cl)c1. The van der Waals surface area contributed by atoms with Gasteiger partial charge in [0.2, 0.25) is 0 Å². The molecule has 128 valence electrons. The van der Waals surface area contributed by atoms with Crippen LogP contribution in [0.1, 0.15) is 22.8 Å². The van der Waals surface area contributed by atoms with E-state index in [4.69, 9.17) is 11.6 Å². The molecule has 24 heavy (non-hydrogen) atoms. The maximum absolute atomic E-state index is 12.5. The molecule has 2 aromatic carbocycles. The van der Waals surface area contributed by atoms with Gasteiger partial charge in [-0.1, -0.05) is 48.0 Å². The Morgan fingerprint density at radius 1 is 1.04 bits per heavy atom. The molecule has 0 fully saturated rings. The Hall–Kier alpha value is -1.88. The molecule has 0 heterocycles. The predicted octanol–water partition coefficient (Wildman–Crippen LogP) is 3.09. The van der Waals surface area contributed by atoms with Crippen LogP contribution in [0.5, 0.6) is 0 Å². The van der Waals surface area contributed by atoms with Crippen molar-refractivity contribution in [3.8, 4) is 0 Å². The number of aliphatic hydroxyl groups excluding tert-OH is 1. The van der Waals surface area contributed by atoms with E-state index in [1.165, 1.54) is 5.56 Å². The first-order valence-corrected chi connectivity index (χ1v) is 8.16. The zero-order valence-electron chi connectivity index (χ0n) is 14.2. The van der Waals surface area contributed by atoms with Gasteiger partial charge in [-0.3, -0.25) is 4.79 Å². The van der Waals surface area contributed by atoms with Crippen molar-refractivity contribution >= 4 is 17.5 Å². The highest BCUT2D eigenvalue weighted by Crippen LogP contribution is 2.21. The average molecular weight is 347 g/mol. The summed E-state index contributed by atoms with van der Waals surface area (Å²) in [4.78, 5) is 16.1. The third-order valence-corrected chi connectivity index (χ3v) is 4.02. The van der Waals surface area contributed by atoms with Crippen molar-refractivity contribution in [1.29, 1.82) is 0 Å². The van der Waals surface area contributed by atoms with Gasteiger partial charge in [0, 0.05) is 25.2 Å². The lowest BCUT2D eigenvalue weighted by molar-refractivity contribution is -0.139. The number of amides is 1. The van der Waals surface area contributed by atoms with E-state index in [-0.39, 0.29) is 5.91 Å². The number of likely N-dealkylation sites (N-methyl/N-ethyl adjacent to an activating group) is 1. The Morgan fingerprint density at radius 3 is 2.25 bits per heavy atom. The molecule has 1 amide bonds. The van der Waals surface area contributed by atoms with E-state index in [1.54, 1.807) is 36.2 Å². The lowest BCUT2D eigenvalue weighted by atomic mass is 10.1. The zero-order valence-corrected chi connectivity index (χ0v) is 15.0. The van der Waals surface area contributed by atoms with Crippen LogP contribution < -0.4 is 0 Å². The van der Waals surface area contributed by atoms with Crippen molar-refractivity contribution in [2.75, 3.05) is 21.1 Å². The summed E-state index contributed by atoms with van der Waals surface area (Å²) in [6.45, 7) is 1.25. The summed E-state index contributed by atoms with van der Waals surface area (Å²) in [6, 6.07) is 14.8. The van der Waals surface area contributed by atoms with Gasteiger partial charge >= 0.3 is 0 Å². The number of halogens is 1. The summed E-state index contributed by atoms with van der Waals surface area (Å²) in [5.74, 6) is -0.350. The Kier molecular flexibility index (Phi) is 6.37. The molecule has 5 heteroatoms. The van der Waals surface area contributed by atoms with Gasteiger partial charge in [-0.05, 0) is 42.9 Å². The van der Waals surface area contributed by atoms with Gasteiger partial charge in [-0.2, -0.15) is 0 Å². The van der Waals surface area contributed by atoms with Crippen LogP contribution in [0, 0.1) is 0 Å². The van der Waals surface area contributed by atoms with Gasteiger partial charge in [0.25, 0.3) is 5.91 Å². The molecule has 0 aliphatic rings. The molecule has 0 aromatic heterocycles. The van der Waals surface area contributed by atoms with E-state index < -0.39 is 6.10 Å². The summed E-state index contributed by atoms with van der Waals surface area (Å²) in [6.07, 6.45) is -1.21. The maximum atomic E-state index is 12.5. The number of nitrogens with zero attached hydrogens (tertiary/aromatic N) is 2. The first-order valence-electron chi connectivity index (χ1n) is 7.78. The molecule has 0 aliphatic heterocycles. The zero-order chi connectivity index (χ0) is 17.7. The number of hydrogen-bond donors (Lipinski definition) is 1. The van der Waals surface area contributed by atoms with Gasteiger partial charge in [-0.15, -0.1) is 0 Å². The van der Waals surface area contributed by atoms with E-state index in [9.17, 15) is 9.90 Å². The van der Waals surface area contributed by atoms with Crippen molar-refractivity contribution in [2.45, 2.75) is 19.2 Å². The monoisotopic (exact) mass is 346 g/mol. The Labute approximate surface area is 148 Å². The number of rotatable bonds is 6. The van der Waals surface area contributed by atoms with Crippen LogP contribution in [0.4, 0.5) is 0 Å². The Balaban J connectivity index is 2.12. The number of aliphatic hydroxyl groups is 1. The second kappa shape index (κ2) is 8.29. The summed E-state index contributed by atoms with van der Waals surface area (Å²) in [5.41, 5.74) is 2.74. The van der Waals surface area contributed by atoms with Crippen molar-refractivity contribution in [3.63, 3.8) is 0 Å².